The van der Waals surface area contributed by atoms with Crippen molar-refractivity contribution in [2.75, 3.05) is 25.4 Å². The molecule has 0 saturated carbocycles. The van der Waals surface area contributed by atoms with Crippen molar-refractivity contribution in [3.8, 4) is 0 Å². The SMILES string of the molecule is CC(C)(C)OC(=O)N1CCC(S(=O)(=O)CCN)CC1. The van der Waals surface area contributed by atoms with Crippen molar-refractivity contribution in [3.63, 3.8) is 0 Å². The molecule has 1 aliphatic heterocycles. The number of hydrogen-bond acceptors (Lipinski definition) is 5. The van der Waals surface area contributed by atoms with E-state index >= 15 is 0 Å². The maximum Gasteiger partial charge on any atom is 0.410 e. The Morgan fingerprint density at radius 3 is 2.26 bits per heavy atom. The van der Waals surface area contributed by atoms with Gasteiger partial charge in [0.1, 0.15) is 5.60 Å². The van der Waals surface area contributed by atoms with Crippen LogP contribution in [0.1, 0.15) is 33.6 Å². The summed E-state index contributed by atoms with van der Waals surface area (Å²) in [6, 6.07) is 0. The first-order valence-electron chi connectivity index (χ1n) is 6.55. The average Bonchev–Trinajstić information content (AvgIpc) is 2.27. The van der Waals surface area contributed by atoms with Gasteiger partial charge in [0.25, 0.3) is 0 Å². The van der Waals surface area contributed by atoms with E-state index in [0.29, 0.717) is 25.9 Å². The van der Waals surface area contributed by atoms with E-state index in [1.54, 1.807) is 4.90 Å². The molecular weight excluding hydrogens is 268 g/mol. The summed E-state index contributed by atoms with van der Waals surface area (Å²) in [6.07, 6.45) is 0.547. The Balaban J connectivity index is 2.52. The van der Waals surface area contributed by atoms with Gasteiger partial charge in [-0.05, 0) is 33.6 Å². The van der Waals surface area contributed by atoms with Crippen molar-refractivity contribution in [3.05, 3.63) is 0 Å². The van der Waals surface area contributed by atoms with E-state index in [-0.39, 0.29) is 23.6 Å². The Morgan fingerprint density at radius 2 is 1.84 bits per heavy atom. The van der Waals surface area contributed by atoms with Gasteiger partial charge in [0.05, 0.1) is 11.0 Å². The Kier molecular flexibility index (Phi) is 5.20. The van der Waals surface area contributed by atoms with Crippen LogP contribution in [-0.4, -0.2) is 55.6 Å². The van der Waals surface area contributed by atoms with Gasteiger partial charge in [-0.25, -0.2) is 13.2 Å². The van der Waals surface area contributed by atoms with Gasteiger partial charge >= 0.3 is 6.09 Å². The van der Waals surface area contributed by atoms with Crippen molar-refractivity contribution in [2.24, 2.45) is 5.73 Å². The summed E-state index contributed by atoms with van der Waals surface area (Å²) in [7, 11) is -3.12. The fraction of sp³-hybridized carbons (Fsp3) is 0.917. The summed E-state index contributed by atoms with van der Waals surface area (Å²) in [6.45, 7) is 6.41. The zero-order valence-electron chi connectivity index (χ0n) is 11.9. The molecule has 19 heavy (non-hydrogen) atoms. The number of nitrogens with zero attached hydrogens (tertiary/aromatic N) is 1. The number of piperidine rings is 1. The molecule has 1 rings (SSSR count). The lowest BCUT2D eigenvalue weighted by Crippen LogP contribution is -2.45. The highest BCUT2D eigenvalue weighted by molar-refractivity contribution is 7.92. The Morgan fingerprint density at radius 1 is 1.32 bits per heavy atom. The third kappa shape index (κ3) is 4.99. The van der Waals surface area contributed by atoms with Gasteiger partial charge in [0, 0.05) is 19.6 Å². The summed E-state index contributed by atoms with van der Waals surface area (Å²) in [5.74, 6) is 0.0180. The second-order valence-electron chi connectivity index (χ2n) is 5.82. The van der Waals surface area contributed by atoms with Crippen LogP contribution < -0.4 is 5.73 Å². The molecule has 1 amide bonds. The fourth-order valence-corrected chi connectivity index (χ4v) is 3.65. The van der Waals surface area contributed by atoms with Crippen molar-refractivity contribution < 1.29 is 17.9 Å². The smallest absolute Gasteiger partial charge is 0.410 e. The Hall–Kier alpha value is -0.820. The van der Waals surface area contributed by atoms with Crippen molar-refractivity contribution >= 4 is 15.9 Å². The number of nitrogens with two attached hydrogens (primary N) is 1. The zero-order chi connectivity index (χ0) is 14.7. The van der Waals surface area contributed by atoms with Crippen LogP contribution in [0.2, 0.25) is 0 Å². The van der Waals surface area contributed by atoms with Crippen molar-refractivity contribution in [1.82, 2.24) is 4.90 Å². The highest BCUT2D eigenvalue weighted by Crippen LogP contribution is 2.20. The van der Waals surface area contributed by atoms with Gasteiger partial charge in [0.15, 0.2) is 9.84 Å². The lowest BCUT2D eigenvalue weighted by atomic mass is 10.1. The quantitative estimate of drug-likeness (QED) is 0.829. The monoisotopic (exact) mass is 292 g/mol. The Labute approximate surface area is 115 Å². The van der Waals surface area contributed by atoms with Gasteiger partial charge in [-0.15, -0.1) is 0 Å². The standard InChI is InChI=1S/C12H24N2O4S/c1-12(2,3)18-11(15)14-7-4-10(5-8-14)19(16,17)9-6-13/h10H,4-9,13H2,1-3H3. The van der Waals surface area contributed by atoms with Crippen LogP contribution in [0.3, 0.4) is 0 Å². The highest BCUT2D eigenvalue weighted by Gasteiger charge is 2.32. The minimum Gasteiger partial charge on any atom is -0.444 e. The number of rotatable bonds is 3. The molecule has 0 spiro atoms. The first-order chi connectivity index (χ1) is 8.65. The molecule has 7 heteroatoms. The number of carbonyl (C=O) groups is 1. The molecule has 0 aliphatic carbocycles. The van der Waals surface area contributed by atoms with E-state index in [9.17, 15) is 13.2 Å². The third-order valence-corrected chi connectivity index (χ3v) is 5.30. The topological polar surface area (TPSA) is 89.7 Å². The van der Waals surface area contributed by atoms with Crippen molar-refractivity contribution in [1.29, 1.82) is 0 Å². The molecule has 6 nitrogen and oxygen atoms in total. The molecule has 0 unspecified atom stereocenters. The molecule has 0 aromatic rings. The van der Waals surface area contributed by atoms with E-state index in [4.69, 9.17) is 10.5 Å². The van der Waals surface area contributed by atoms with Crippen LogP contribution in [0.15, 0.2) is 0 Å². The van der Waals surface area contributed by atoms with Crippen molar-refractivity contribution in [2.45, 2.75) is 44.5 Å². The van der Waals surface area contributed by atoms with Gasteiger partial charge in [0.2, 0.25) is 0 Å². The number of carbonyl (C=O) groups excluding carboxylic acids is 1. The summed E-state index contributed by atoms with van der Waals surface area (Å²) < 4.78 is 29.0. The van der Waals surface area contributed by atoms with Crippen LogP contribution in [0.25, 0.3) is 0 Å². The summed E-state index contributed by atoms with van der Waals surface area (Å²) >= 11 is 0. The van der Waals surface area contributed by atoms with Crippen LogP contribution in [-0.2, 0) is 14.6 Å². The van der Waals surface area contributed by atoms with Crippen LogP contribution >= 0.6 is 0 Å². The molecule has 0 radical (unpaired) electrons. The number of hydrogen-bond donors (Lipinski definition) is 1. The molecular formula is C12H24N2O4S. The molecule has 1 aliphatic rings. The molecule has 1 heterocycles. The first kappa shape index (κ1) is 16.2. The van der Waals surface area contributed by atoms with Gasteiger partial charge in [-0.2, -0.15) is 0 Å². The maximum atomic E-state index is 11.9. The lowest BCUT2D eigenvalue weighted by molar-refractivity contribution is 0.0217. The van der Waals surface area contributed by atoms with Crippen LogP contribution in [0, 0.1) is 0 Å². The first-order valence-corrected chi connectivity index (χ1v) is 8.27. The highest BCUT2D eigenvalue weighted by atomic mass is 32.2. The molecule has 112 valence electrons. The fourth-order valence-electron chi connectivity index (χ4n) is 2.05. The molecule has 2 N–H and O–H groups in total. The third-order valence-electron chi connectivity index (χ3n) is 3.00. The van der Waals surface area contributed by atoms with Crippen LogP contribution in [0.5, 0.6) is 0 Å². The molecule has 1 saturated heterocycles. The maximum absolute atomic E-state index is 11.9. The summed E-state index contributed by atoms with van der Waals surface area (Å²) in [5.41, 5.74) is 4.77. The Bertz CT molecular complexity index is 406. The predicted molar refractivity (Wildman–Crippen MR) is 73.7 cm³/mol. The van der Waals surface area contributed by atoms with E-state index in [2.05, 4.69) is 0 Å². The summed E-state index contributed by atoms with van der Waals surface area (Å²) in [5, 5.41) is -0.380. The molecule has 0 bridgehead atoms. The minimum absolute atomic E-state index is 0.0180. The molecule has 0 atom stereocenters. The number of amides is 1. The largest absolute Gasteiger partial charge is 0.444 e. The molecule has 0 aromatic heterocycles. The van der Waals surface area contributed by atoms with E-state index in [1.165, 1.54) is 0 Å². The minimum atomic E-state index is -3.12. The normalized spacial score (nSPS) is 18.4. The van der Waals surface area contributed by atoms with E-state index in [1.807, 2.05) is 20.8 Å². The number of ether oxygens (including phenoxy) is 1. The van der Waals surface area contributed by atoms with Gasteiger partial charge < -0.3 is 15.4 Å². The lowest BCUT2D eigenvalue weighted by Gasteiger charge is -2.33. The molecule has 0 aromatic carbocycles. The number of likely N-dealkylation sites (tertiary alicyclic amines) is 1. The van der Waals surface area contributed by atoms with Gasteiger partial charge in [-0.3, -0.25) is 0 Å². The second kappa shape index (κ2) is 6.09. The number of sulfone groups is 1. The van der Waals surface area contributed by atoms with Gasteiger partial charge in [-0.1, -0.05) is 0 Å². The average molecular weight is 292 g/mol. The van der Waals surface area contributed by atoms with E-state index in [0.717, 1.165) is 0 Å². The zero-order valence-corrected chi connectivity index (χ0v) is 12.7. The second-order valence-corrected chi connectivity index (χ2v) is 8.22. The predicted octanol–water partition coefficient (Wildman–Crippen LogP) is 0.759. The molecule has 1 fully saturated rings. The van der Waals surface area contributed by atoms with E-state index < -0.39 is 15.4 Å². The summed E-state index contributed by atoms with van der Waals surface area (Å²) in [4.78, 5) is 13.4. The van der Waals surface area contributed by atoms with Crippen LogP contribution in [0.4, 0.5) is 4.79 Å².